The van der Waals surface area contributed by atoms with Crippen LogP contribution in [-0.4, -0.2) is 44.7 Å². The van der Waals surface area contributed by atoms with Gasteiger partial charge in [0, 0.05) is 12.0 Å². The lowest BCUT2D eigenvalue weighted by molar-refractivity contribution is -0.0500. The Morgan fingerprint density at radius 1 is 1.18 bits per heavy atom. The Morgan fingerprint density at radius 2 is 1.89 bits per heavy atom. The number of hydrogen-bond acceptors (Lipinski definition) is 8. The standard InChI is InChI=1S/C16H15F3N2O6S/c1-24-14-15(25-2)21-12(7-20-14)10-5-9-3-4-11(6-13(9)26-8-10)27-28(22,23)16(17,18)19/h3-4,6-7,10H,5,8H2,1-2H3. The van der Waals surface area contributed by atoms with Crippen LogP contribution in [0.4, 0.5) is 13.2 Å². The molecule has 152 valence electrons. The van der Waals surface area contributed by atoms with Crippen LogP contribution < -0.4 is 18.4 Å². The number of fused-ring (bicyclic) bond motifs is 1. The number of alkyl halides is 3. The molecule has 1 aromatic carbocycles. The summed E-state index contributed by atoms with van der Waals surface area (Å²) in [5.74, 6) is 0.00780. The van der Waals surface area contributed by atoms with Gasteiger partial charge in [0.25, 0.3) is 11.8 Å². The molecule has 2 aromatic rings. The Hall–Kier alpha value is -2.76. The van der Waals surface area contributed by atoms with Crippen LogP contribution in [0.25, 0.3) is 0 Å². The minimum atomic E-state index is -5.74. The van der Waals surface area contributed by atoms with E-state index in [1.54, 1.807) is 0 Å². The fraction of sp³-hybridized carbons (Fsp3) is 0.375. The summed E-state index contributed by atoms with van der Waals surface area (Å²) in [6.45, 7) is 0.159. The Bertz CT molecular complexity index is 981. The predicted octanol–water partition coefficient (Wildman–Crippen LogP) is 2.44. The second-order valence-corrected chi connectivity index (χ2v) is 7.32. The maximum atomic E-state index is 12.4. The van der Waals surface area contributed by atoms with E-state index in [0.29, 0.717) is 17.7 Å². The van der Waals surface area contributed by atoms with Crippen LogP contribution in [0.2, 0.25) is 0 Å². The molecule has 0 aliphatic carbocycles. The van der Waals surface area contributed by atoms with Crippen LogP contribution in [0.1, 0.15) is 17.2 Å². The first-order valence-corrected chi connectivity index (χ1v) is 9.27. The first-order chi connectivity index (χ1) is 13.1. The Kier molecular flexibility index (Phi) is 5.24. The molecule has 0 bridgehead atoms. The highest BCUT2D eigenvalue weighted by Crippen LogP contribution is 2.36. The molecule has 3 rings (SSSR count). The molecule has 0 radical (unpaired) electrons. The fourth-order valence-corrected chi connectivity index (χ4v) is 3.06. The molecule has 0 saturated carbocycles. The summed E-state index contributed by atoms with van der Waals surface area (Å²) in [7, 11) is -2.88. The molecular weight excluding hydrogens is 405 g/mol. The van der Waals surface area contributed by atoms with Gasteiger partial charge in [0.1, 0.15) is 11.5 Å². The van der Waals surface area contributed by atoms with Gasteiger partial charge < -0.3 is 18.4 Å². The Balaban J connectivity index is 1.80. The molecule has 0 saturated heterocycles. The second kappa shape index (κ2) is 7.34. The molecule has 1 atom stereocenters. The molecule has 8 nitrogen and oxygen atoms in total. The summed E-state index contributed by atoms with van der Waals surface area (Å²) in [4.78, 5) is 8.45. The Morgan fingerprint density at radius 3 is 2.54 bits per heavy atom. The van der Waals surface area contributed by atoms with Crippen LogP contribution in [0.3, 0.4) is 0 Å². The van der Waals surface area contributed by atoms with Gasteiger partial charge in [-0.05, 0) is 18.1 Å². The third-order valence-corrected chi connectivity index (χ3v) is 4.95. The van der Waals surface area contributed by atoms with Gasteiger partial charge in [-0.3, -0.25) is 0 Å². The highest BCUT2D eigenvalue weighted by molar-refractivity contribution is 7.88. The molecule has 1 aliphatic heterocycles. The number of benzene rings is 1. The van der Waals surface area contributed by atoms with E-state index in [1.165, 1.54) is 26.5 Å². The molecule has 1 aromatic heterocycles. The number of halogens is 3. The van der Waals surface area contributed by atoms with Gasteiger partial charge in [-0.1, -0.05) is 6.07 Å². The lowest BCUT2D eigenvalue weighted by Gasteiger charge is -2.25. The molecule has 0 spiro atoms. The number of aromatic nitrogens is 2. The summed E-state index contributed by atoms with van der Waals surface area (Å²) in [5, 5.41) is 0. The van der Waals surface area contributed by atoms with Gasteiger partial charge >= 0.3 is 15.6 Å². The zero-order chi connectivity index (χ0) is 20.5. The molecular formula is C16H15F3N2O6S. The topological polar surface area (TPSA) is 96.8 Å². The van der Waals surface area contributed by atoms with Crippen LogP contribution in [0.15, 0.2) is 24.4 Å². The zero-order valence-corrected chi connectivity index (χ0v) is 15.5. The number of hydrogen-bond donors (Lipinski definition) is 0. The van der Waals surface area contributed by atoms with Crippen LogP contribution in [0.5, 0.6) is 23.3 Å². The number of rotatable bonds is 5. The van der Waals surface area contributed by atoms with Gasteiger partial charge in [0.15, 0.2) is 0 Å². The second-order valence-electron chi connectivity index (χ2n) is 5.78. The summed E-state index contributed by atoms with van der Waals surface area (Å²) in [6, 6.07) is 3.68. The average Bonchev–Trinajstić information content (AvgIpc) is 2.65. The van der Waals surface area contributed by atoms with Crippen molar-refractivity contribution < 1.29 is 40.0 Å². The summed E-state index contributed by atoms with van der Waals surface area (Å²) in [6.07, 6.45) is 1.97. The first kappa shape index (κ1) is 20.0. The molecule has 0 N–H and O–H groups in total. The van der Waals surface area contributed by atoms with Crippen LogP contribution in [-0.2, 0) is 16.5 Å². The smallest absolute Gasteiger partial charge is 0.492 e. The highest BCUT2D eigenvalue weighted by Gasteiger charge is 2.48. The van der Waals surface area contributed by atoms with Crippen molar-refractivity contribution >= 4 is 10.1 Å². The van der Waals surface area contributed by atoms with E-state index >= 15 is 0 Å². The predicted molar refractivity (Wildman–Crippen MR) is 89.1 cm³/mol. The maximum absolute atomic E-state index is 12.4. The summed E-state index contributed by atoms with van der Waals surface area (Å²) < 4.78 is 79.4. The van der Waals surface area contributed by atoms with E-state index < -0.39 is 21.4 Å². The van der Waals surface area contributed by atoms with Crippen molar-refractivity contribution in [3.8, 4) is 23.3 Å². The van der Waals surface area contributed by atoms with Gasteiger partial charge in [-0.2, -0.15) is 21.6 Å². The highest BCUT2D eigenvalue weighted by atomic mass is 32.2. The zero-order valence-electron chi connectivity index (χ0n) is 14.7. The lowest BCUT2D eigenvalue weighted by atomic mass is 9.94. The summed E-state index contributed by atoms with van der Waals surface area (Å²) >= 11 is 0. The summed E-state index contributed by atoms with van der Waals surface area (Å²) in [5.41, 5.74) is -4.27. The minimum absolute atomic E-state index is 0.159. The maximum Gasteiger partial charge on any atom is 0.534 e. The van der Waals surface area contributed by atoms with Crippen molar-refractivity contribution in [2.45, 2.75) is 17.8 Å². The molecule has 1 aliphatic rings. The van der Waals surface area contributed by atoms with Crippen molar-refractivity contribution in [2.24, 2.45) is 0 Å². The van der Waals surface area contributed by atoms with Gasteiger partial charge in [0.05, 0.1) is 32.7 Å². The molecule has 28 heavy (non-hydrogen) atoms. The van der Waals surface area contributed by atoms with E-state index in [-0.39, 0.29) is 30.0 Å². The number of methoxy groups -OCH3 is 2. The normalized spacial score (nSPS) is 16.7. The van der Waals surface area contributed by atoms with Crippen molar-refractivity contribution in [1.82, 2.24) is 9.97 Å². The van der Waals surface area contributed by atoms with Crippen molar-refractivity contribution in [1.29, 1.82) is 0 Å². The monoisotopic (exact) mass is 420 g/mol. The van der Waals surface area contributed by atoms with Crippen LogP contribution >= 0.6 is 0 Å². The van der Waals surface area contributed by atoms with Gasteiger partial charge in [0.2, 0.25) is 0 Å². The van der Waals surface area contributed by atoms with Crippen LogP contribution in [0, 0.1) is 0 Å². The van der Waals surface area contributed by atoms with E-state index in [4.69, 9.17) is 14.2 Å². The van der Waals surface area contributed by atoms with Crippen molar-refractivity contribution in [3.05, 3.63) is 35.7 Å². The average molecular weight is 420 g/mol. The first-order valence-electron chi connectivity index (χ1n) is 7.86. The number of ether oxygens (including phenoxy) is 3. The fourth-order valence-electron chi connectivity index (χ4n) is 2.61. The Labute approximate surface area is 158 Å². The SMILES string of the molecule is COc1ncc(C2COc3cc(OS(=O)(=O)C(F)(F)F)ccc3C2)nc1OC. The van der Waals surface area contributed by atoms with Crippen molar-refractivity contribution in [3.63, 3.8) is 0 Å². The number of nitrogens with zero attached hydrogens (tertiary/aromatic N) is 2. The molecule has 1 unspecified atom stereocenters. The third-order valence-electron chi connectivity index (χ3n) is 3.97. The molecule has 0 amide bonds. The van der Waals surface area contributed by atoms with E-state index in [9.17, 15) is 21.6 Å². The minimum Gasteiger partial charge on any atom is -0.492 e. The molecule has 2 heterocycles. The molecule has 0 fully saturated rings. The largest absolute Gasteiger partial charge is 0.534 e. The van der Waals surface area contributed by atoms with Crippen molar-refractivity contribution in [2.75, 3.05) is 20.8 Å². The third kappa shape index (κ3) is 3.91. The lowest BCUT2D eigenvalue weighted by Crippen LogP contribution is -2.28. The quantitative estimate of drug-likeness (QED) is 0.538. The van der Waals surface area contributed by atoms with E-state index in [0.717, 1.165) is 12.1 Å². The van der Waals surface area contributed by atoms with E-state index in [2.05, 4.69) is 14.2 Å². The van der Waals surface area contributed by atoms with E-state index in [1.807, 2.05) is 0 Å². The van der Waals surface area contributed by atoms with Gasteiger partial charge in [-0.15, -0.1) is 0 Å². The van der Waals surface area contributed by atoms with Gasteiger partial charge in [-0.25, -0.2) is 9.97 Å². The molecule has 12 heteroatoms.